The highest BCUT2D eigenvalue weighted by Crippen LogP contribution is 2.36. The highest BCUT2D eigenvalue weighted by molar-refractivity contribution is 8.26. The minimum absolute atomic E-state index is 0.0905. The molecule has 9 heteroatoms. The van der Waals surface area contributed by atoms with E-state index in [1.165, 1.54) is 11.8 Å². The van der Waals surface area contributed by atoms with E-state index in [2.05, 4.69) is 18.3 Å². The molecule has 7 nitrogen and oxygen atoms in total. The maximum atomic E-state index is 13.3. The Kier molecular flexibility index (Phi) is 8.45. The number of aromatic nitrogens is 1. The molecule has 1 aliphatic heterocycles. The van der Waals surface area contributed by atoms with Gasteiger partial charge in [-0.05, 0) is 35.8 Å². The lowest BCUT2D eigenvalue weighted by molar-refractivity contribution is -0.123. The first-order valence-electron chi connectivity index (χ1n) is 11.7. The quantitative estimate of drug-likeness (QED) is 0.242. The number of carbonyl (C=O) groups is 2. The van der Waals surface area contributed by atoms with Gasteiger partial charge in [0.1, 0.15) is 16.6 Å². The van der Waals surface area contributed by atoms with Crippen LogP contribution < -0.4 is 10.1 Å². The minimum Gasteiger partial charge on any atom is -0.497 e. The molecule has 0 aliphatic carbocycles. The minimum atomic E-state index is -0.120. The third-order valence-electron chi connectivity index (χ3n) is 6.00. The summed E-state index contributed by atoms with van der Waals surface area (Å²) in [5, 5.41) is 3.88. The molecule has 0 bridgehead atoms. The molecule has 188 valence electrons. The van der Waals surface area contributed by atoms with Crippen molar-refractivity contribution in [1.29, 1.82) is 0 Å². The fourth-order valence-electron chi connectivity index (χ4n) is 4.18. The number of nitrogens with one attached hydrogen (secondary N) is 1. The Hall–Kier alpha value is -3.14. The Morgan fingerprint density at radius 1 is 1.17 bits per heavy atom. The topological polar surface area (TPSA) is 72.8 Å². The zero-order valence-electron chi connectivity index (χ0n) is 20.6. The van der Waals surface area contributed by atoms with Crippen LogP contribution in [0.15, 0.2) is 53.6 Å². The average molecular weight is 524 g/mol. The van der Waals surface area contributed by atoms with E-state index in [9.17, 15) is 9.59 Å². The molecule has 1 saturated heterocycles. The molecule has 2 heterocycles. The third-order valence-corrected chi connectivity index (χ3v) is 7.37. The number of para-hydroxylation sites is 1. The van der Waals surface area contributed by atoms with Crippen molar-refractivity contribution in [3.63, 3.8) is 0 Å². The lowest BCUT2D eigenvalue weighted by Gasteiger charge is -2.14. The van der Waals surface area contributed by atoms with Crippen LogP contribution in [0.25, 0.3) is 17.0 Å². The van der Waals surface area contributed by atoms with Gasteiger partial charge in [-0.2, -0.15) is 0 Å². The van der Waals surface area contributed by atoms with Gasteiger partial charge in [0.2, 0.25) is 5.91 Å². The molecule has 2 aromatic carbocycles. The number of thioether (sulfide) groups is 1. The summed E-state index contributed by atoms with van der Waals surface area (Å²) in [6.07, 6.45) is 4.65. The number of fused-ring (bicyclic) bond motifs is 1. The van der Waals surface area contributed by atoms with E-state index in [1.807, 2.05) is 53.2 Å². The van der Waals surface area contributed by atoms with Crippen LogP contribution in [0.4, 0.5) is 0 Å². The summed E-state index contributed by atoms with van der Waals surface area (Å²) >= 11 is 6.84. The van der Waals surface area contributed by atoms with Crippen molar-refractivity contribution in [2.45, 2.75) is 26.4 Å². The Bertz CT molecular complexity index is 1310. The number of benzene rings is 2. The molecule has 2 amide bonds. The SMILES string of the molecule is CCc1cccc2c(/C=C3\SC(=S)N(Cc4ccc(OC)cc4)C3=O)cn(CC(=O)NCCOC)c12. The van der Waals surface area contributed by atoms with Crippen molar-refractivity contribution in [3.05, 3.63) is 70.3 Å². The lowest BCUT2D eigenvalue weighted by atomic mass is 10.1. The van der Waals surface area contributed by atoms with Crippen LogP contribution in [0.3, 0.4) is 0 Å². The summed E-state index contributed by atoms with van der Waals surface area (Å²) in [6, 6.07) is 13.7. The first-order valence-corrected chi connectivity index (χ1v) is 12.9. The van der Waals surface area contributed by atoms with Gasteiger partial charge in [-0.25, -0.2) is 0 Å². The van der Waals surface area contributed by atoms with E-state index < -0.39 is 0 Å². The molecule has 0 spiro atoms. The van der Waals surface area contributed by atoms with Crippen molar-refractivity contribution in [3.8, 4) is 5.75 Å². The van der Waals surface area contributed by atoms with Crippen LogP contribution in [-0.4, -0.2) is 53.0 Å². The summed E-state index contributed by atoms with van der Waals surface area (Å²) in [4.78, 5) is 28.0. The normalized spacial score (nSPS) is 14.8. The summed E-state index contributed by atoms with van der Waals surface area (Å²) in [5.74, 6) is 0.553. The van der Waals surface area contributed by atoms with Crippen molar-refractivity contribution in [2.24, 2.45) is 0 Å². The highest BCUT2D eigenvalue weighted by atomic mass is 32.2. The number of thiocarbonyl (C=S) groups is 1. The zero-order valence-corrected chi connectivity index (χ0v) is 22.2. The Morgan fingerprint density at radius 3 is 2.64 bits per heavy atom. The molecule has 0 unspecified atom stereocenters. The second-order valence-electron chi connectivity index (χ2n) is 8.34. The number of aryl methyl sites for hydroxylation is 1. The zero-order chi connectivity index (χ0) is 25.7. The van der Waals surface area contributed by atoms with E-state index in [-0.39, 0.29) is 18.4 Å². The second kappa shape index (κ2) is 11.7. The number of carbonyl (C=O) groups excluding carboxylic acids is 2. The van der Waals surface area contributed by atoms with Gasteiger partial charge in [0.25, 0.3) is 5.91 Å². The fraction of sp³-hybridized carbons (Fsp3) is 0.296. The van der Waals surface area contributed by atoms with Gasteiger partial charge in [-0.3, -0.25) is 14.5 Å². The largest absolute Gasteiger partial charge is 0.497 e. The van der Waals surface area contributed by atoms with Gasteiger partial charge in [0.05, 0.1) is 30.7 Å². The molecular formula is C27H29N3O4S2. The number of nitrogens with zero attached hydrogens (tertiary/aromatic N) is 2. The number of amides is 2. The maximum absolute atomic E-state index is 13.3. The molecule has 0 radical (unpaired) electrons. The van der Waals surface area contributed by atoms with E-state index in [4.69, 9.17) is 21.7 Å². The molecule has 3 aromatic rings. The third kappa shape index (κ3) is 5.64. The monoisotopic (exact) mass is 523 g/mol. The predicted molar refractivity (Wildman–Crippen MR) is 148 cm³/mol. The van der Waals surface area contributed by atoms with Crippen LogP contribution in [0.2, 0.25) is 0 Å². The van der Waals surface area contributed by atoms with Gasteiger partial charge < -0.3 is 19.4 Å². The van der Waals surface area contributed by atoms with Crippen LogP contribution in [-0.2, 0) is 33.8 Å². The van der Waals surface area contributed by atoms with E-state index in [0.29, 0.717) is 28.9 Å². The Labute approximate surface area is 220 Å². The van der Waals surface area contributed by atoms with Gasteiger partial charge in [0.15, 0.2) is 0 Å². The standard InChI is InChI=1S/C27H29N3O4S2/c1-4-19-6-5-7-22-20(16-29(25(19)22)17-24(31)28-12-13-33-2)14-23-26(32)30(27(35)36-23)15-18-8-10-21(34-3)11-9-18/h5-11,14,16H,4,12-13,15,17H2,1-3H3,(H,28,31)/b23-14-. The van der Waals surface area contributed by atoms with Crippen LogP contribution in [0.1, 0.15) is 23.6 Å². The number of methoxy groups -OCH3 is 2. The smallest absolute Gasteiger partial charge is 0.266 e. The fourth-order valence-corrected chi connectivity index (χ4v) is 5.43. The number of hydrogen-bond acceptors (Lipinski definition) is 6. The van der Waals surface area contributed by atoms with Crippen LogP contribution in [0, 0.1) is 0 Å². The molecular weight excluding hydrogens is 494 g/mol. The predicted octanol–water partition coefficient (Wildman–Crippen LogP) is 4.38. The summed E-state index contributed by atoms with van der Waals surface area (Å²) < 4.78 is 12.7. The van der Waals surface area contributed by atoms with Crippen LogP contribution >= 0.6 is 24.0 Å². The second-order valence-corrected chi connectivity index (χ2v) is 10.0. The maximum Gasteiger partial charge on any atom is 0.266 e. The van der Waals surface area contributed by atoms with Gasteiger partial charge in [0, 0.05) is 30.8 Å². The highest BCUT2D eigenvalue weighted by Gasteiger charge is 2.32. The van der Waals surface area contributed by atoms with Gasteiger partial charge in [-0.15, -0.1) is 0 Å². The molecule has 1 fully saturated rings. The number of ether oxygens (including phenoxy) is 2. The molecule has 0 atom stereocenters. The van der Waals surface area contributed by atoms with Crippen molar-refractivity contribution < 1.29 is 19.1 Å². The Balaban J connectivity index is 1.61. The Morgan fingerprint density at radius 2 is 1.94 bits per heavy atom. The van der Waals surface area contributed by atoms with E-state index in [1.54, 1.807) is 19.1 Å². The van der Waals surface area contributed by atoms with Gasteiger partial charge >= 0.3 is 0 Å². The van der Waals surface area contributed by atoms with Crippen molar-refractivity contribution >= 4 is 57.1 Å². The average Bonchev–Trinajstić information content (AvgIpc) is 3.36. The van der Waals surface area contributed by atoms with Crippen LogP contribution in [0.5, 0.6) is 5.75 Å². The molecule has 1 aromatic heterocycles. The van der Waals surface area contributed by atoms with E-state index in [0.717, 1.165) is 39.8 Å². The van der Waals surface area contributed by atoms with E-state index >= 15 is 0 Å². The summed E-state index contributed by atoms with van der Waals surface area (Å²) in [6.45, 7) is 3.59. The first kappa shape index (κ1) is 25.9. The molecule has 4 rings (SSSR count). The summed E-state index contributed by atoms with van der Waals surface area (Å²) in [7, 11) is 3.22. The number of rotatable bonds is 10. The number of hydrogen-bond donors (Lipinski definition) is 1. The van der Waals surface area contributed by atoms with Gasteiger partial charge in [-0.1, -0.05) is 61.2 Å². The lowest BCUT2D eigenvalue weighted by Crippen LogP contribution is -2.30. The first-order chi connectivity index (χ1) is 17.4. The van der Waals surface area contributed by atoms with Crippen molar-refractivity contribution in [1.82, 2.24) is 14.8 Å². The summed E-state index contributed by atoms with van der Waals surface area (Å²) in [5.41, 5.74) is 4.00. The molecule has 0 saturated carbocycles. The van der Waals surface area contributed by atoms with Crippen molar-refractivity contribution in [2.75, 3.05) is 27.4 Å². The molecule has 1 N–H and O–H groups in total. The molecule has 36 heavy (non-hydrogen) atoms. The molecule has 1 aliphatic rings.